The van der Waals surface area contributed by atoms with Crippen LogP contribution < -0.4 is 4.74 Å². The van der Waals surface area contributed by atoms with Crippen LogP contribution >= 0.6 is 23.2 Å². The first-order valence-electron chi connectivity index (χ1n) is 9.56. The van der Waals surface area contributed by atoms with Crippen LogP contribution in [0.3, 0.4) is 0 Å². The molecule has 4 rings (SSSR count). The van der Waals surface area contributed by atoms with Crippen molar-refractivity contribution in [2.75, 3.05) is 6.61 Å². The van der Waals surface area contributed by atoms with Gasteiger partial charge in [0.05, 0.1) is 24.2 Å². The van der Waals surface area contributed by atoms with E-state index in [2.05, 4.69) is 16.9 Å². The Morgan fingerprint density at radius 1 is 1.10 bits per heavy atom. The molecule has 1 saturated heterocycles. The van der Waals surface area contributed by atoms with Crippen molar-refractivity contribution in [2.45, 2.75) is 44.2 Å². The smallest absolute Gasteiger partial charge is 0.199 e. The van der Waals surface area contributed by atoms with Gasteiger partial charge in [0.1, 0.15) is 11.5 Å². The van der Waals surface area contributed by atoms with Gasteiger partial charge in [-0.25, -0.2) is 0 Å². The quantitative estimate of drug-likeness (QED) is 0.559. The second kappa shape index (κ2) is 8.07. The maximum atomic E-state index is 6.36. The van der Waals surface area contributed by atoms with E-state index in [1.165, 1.54) is 0 Å². The Morgan fingerprint density at radius 3 is 2.45 bits per heavy atom. The van der Waals surface area contributed by atoms with Crippen molar-refractivity contribution < 1.29 is 14.2 Å². The minimum absolute atomic E-state index is 0.0387. The number of hydrogen-bond acceptors (Lipinski definition) is 5. The molecule has 0 N–H and O–H groups in total. The molecule has 0 aromatic heterocycles. The predicted octanol–water partition coefficient (Wildman–Crippen LogP) is 6.03. The number of benzene rings is 2. The topological polar surface area (TPSA) is 52.4 Å². The first kappa shape index (κ1) is 20.4. The molecule has 2 aromatic carbocycles. The molecule has 0 saturated carbocycles. The van der Waals surface area contributed by atoms with Gasteiger partial charge in [0.15, 0.2) is 11.4 Å². The van der Waals surface area contributed by atoms with Crippen LogP contribution in [0.15, 0.2) is 52.4 Å². The normalized spacial score (nSPS) is 24.9. The largest absolute Gasteiger partial charge is 0.456 e. The fourth-order valence-corrected chi connectivity index (χ4v) is 3.97. The number of aliphatic imine (C=N–C) groups is 2. The number of nitrogens with zero attached hydrogens (tertiary/aromatic N) is 2. The third-order valence-electron chi connectivity index (χ3n) is 5.07. The molecular formula is C22H22Cl2N2O3. The highest BCUT2D eigenvalue weighted by atomic mass is 35.5. The van der Waals surface area contributed by atoms with Crippen LogP contribution in [0.5, 0.6) is 11.5 Å². The molecule has 2 unspecified atom stereocenters. The monoisotopic (exact) mass is 432 g/mol. The van der Waals surface area contributed by atoms with E-state index >= 15 is 0 Å². The van der Waals surface area contributed by atoms with Gasteiger partial charge < -0.3 is 14.2 Å². The lowest BCUT2D eigenvalue weighted by molar-refractivity contribution is -0.190. The van der Waals surface area contributed by atoms with Crippen LogP contribution in [0.2, 0.25) is 10.0 Å². The van der Waals surface area contributed by atoms with Crippen LogP contribution in [0.25, 0.3) is 0 Å². The van der Waals surface area contributed by atoms with Gasteiger partial charge in [0.25, 0.3) is 0 Å². The molecular weight excluding hydrogens is 411 g/mol. The van der Waals surface area contributed by atoms with E-state index in [1.807, 2.05) is 31.2 Å². The molecule has 2 atom stereocenters. The zero-order chi connectivity index (χ0) is 20.5. The van der Waals surface area contributed by atoms with E-state index in [4.69, 9.17) is 37.4 Å². The van der Waals surface area contributed by atoms with E-state index in [9.17, 15) is 0 Å². The Bertz CT molecular complexity index is 934. The van der Waals surface area contributed by atoms with Crippen LogP contribution in [-0.4, -0.2) is 30.8 Å². The predicted molar refractivity (Wildman–Crippen MR) is 116 cm³/mol. The van der Waals surface area contributed by atoms with E-state index in [0.29, 0.717) is 34.6 Å². The van der Waals surface area contributed by atoms with Gasteiger partial charge >= 0.3 is 0 Å². The van der Waals surface area contributed by atoms with Crippen molar-refractivity contribution in [1.82, 2.24) is 0 Å². The van der Waals surface area contributed by atoms with Crippen LogP contribution in [0.4, 0.5) is 0 Å². The minimum atomic E-state index is -0.898. The average Bonchev–Trinajstić information content (AvgIpc) is 3.32. The highest BCUT2D eigenvalue weighted by molar-refractivity contribution is 6.35. The molecule has 1 fully saturated rings. The maximum absolute atomic E-state index is 6.36. The number of rotatable bonds is 6. The summed E-state index contributed by atoms with van der Waals surface area (Å²) < 4.78 is 18.4. The first-order valence-corrected chi connectivity index (χ1v) is 10.3. The third-order valence-corrected chi connectivity index (χ3v) is 5.60. The third kappa shape index (κ3) is 4.33. The van der Waals surface area contributed by atoms with Crippen LogP contribution in [0, 0.1) is 0 Å². The van der Waals surface area contributed by atoms with E-state index in [0.717, 1.165) is 12.0 Å². The van der Waals surface area contributed by atoms with Crippen molar-refractivity contribution in [3.05, 3.63) is 58.1 Å². The lowest BCUT2D eigenvalue weighted by Crippen LogP contribution is -2.36. The van der Waals surface area contributed by atoms with Crippen LogP contribution in [-0.2, 0) is 15.3 Å². The summed E-state index contributed by atoms with van der Waals surface area (Å²) in [6.45, 7) is 4.60. The van der Waals surface area contributed by atoms with Gasteiger partial charge in [0, 0.05) is 23.0 Å². The van der Waals surface area contributed by atoms with Crippen molar-refractivity contribution in [2.24, 2.45) is 9.98 Å². The fourth-order valence-electron chi connectivity index (χ4n) is 3.53. The molecule has 152 valence electrons. The van der Waals surface area contributed by atoms with E-state index < -0.39 is 11.4 Å². The number of halogens is 2. The average molecular weight is 433 g/mol. The molecule has 7 heteroatoms. The SMILES string of the molecule is CCC1COC(CC2(C)N=CC=N2)(c2ccc(Oc3ccc(Cl)cc3Cl)cc2)O1. The van der Waals surface area contributed by atoms with Gasteiger partial charge in [0.2, 0.25) is 0 Å². The molecule has 0 bridgehead atoms. The summed E-state index contributed by atoms with van der Waals surface area (Å²) in [5.41, 5.74) is 0.302. The molecule has 0 radical (unpaired) electrons. The van der Waals surface area contributed by atoms with Crippen molar-refractivity contribution in [3.8, 4) is 11.5 Å². The molecule has 2 aliphatic rings. The van der Waals surface area contributed by atoms with Crippen molar-refractivity contribution in [3.63, 3.8) is 0 Å². The molecule has 0 amide bonds. The maximum Gasteiger partial charge on any atom is 0.199 e. The molecule has 29 heavy (non-hydrogen) atoms. The van der Waals surface area contributed by atoms with E-state index in [1.54, 1.807) is 30.6 Å². The Balaban J connectivity index is 1.58. The Hall–Kier alpha value is -1.92. The first-order chi connectivity index (χ1) is 13.9. The summed E-state index contributed by atoms with van der Waals surface area (Å²) >= 11 is 12.1. The second-order valence-electron chi connectivity index (χ2n) is 7.36. The van der Waals surface area contributed by atoms with Crippen molar-refractivity contribution in [1.29, 1.82) is 0 Å². The van der Waals surface area contributed by atoms with Gasteiger partial charge in [-0.1, -0.05) is 30.1 Å². The Kier molecular flexibility index (Phi) is 5.67. The second-order valence-corrected chi connectivity index (χ2v) is 8.21. The molecule has 2 aliphatic heterocycles. The van der Waals surface area contributed by atoms with Gasteiger partial charge in [-0.2, -0.15) is 0 Å². The number of ether oxygens (including phenoxy) is 3. The Labute approximate surface area is 180 Å². The molecule has 0 spiro atoms. The summed E-state index contributed by atoms with van der Waals surface area (Å²) in [4.78, 5) is 8.97. The number of hydrogen-bond donors (Lipinski definition) is 0. The molecule has 2 aromatic rings. The van der Waals surface area contributed by atoms with Gasteiger partial charge in [-0.15, -0.1) is 0 Å². The van der Waals surface area contributed by atoms with Crippen molar-refractivity contribution >= 4 is 35.6 Å². The summed E-state index contributed by atoms with van der Waals surface area (Å²) in [5.74, 6) is 0.298. The molecule has 5 nitrogen and oxygen atoms in total. The summed E-state index contributed by atoms with van der Waals surface area (Å²) in [7, 11) is 0. The lowest BCUT2D eigenvalue weighted by atomic mass is 9.95. The standard InChI is InChI=1S/C22H22Cl2N2O3/c1-3-17-13-27-22(29-17,14-21(2)25-10-11-26-21)15-4-7-18(8-5-15)28-20-9-6-16(23)12-19(20)24/h4-12,17H,3,13-14H2,1-2H3. The van der Waals surface area contributed by atoms with Gasteiger partial charge in [-0.05, 0) is 55.8 Å². The zero-order valence-corrected chi connectivity index (χ0v) is 17.8. The molecule has 2 heterocycles. The highest BCUT2D eigenvalue weighted by Crippen LogP contribution is 2.44. The fraction of sp³-hybridized carbons (Fsp3) is 0.364. The van der Waals surface area contributed by atoms with Crippen LogP contribution in [0.1, 0.15) is 32.3 Å². The molecule has 0 aliphatic carbocycles. The highest BCUT2D eigenvalue weighted by Gasteiger charge is 2.48. The summed E-state index contributed by atoms with van der Waals surface area (Å²) in [6.07, 6.45) is 4.84. The van der Waals surface area contributed by atoms with Gasteiger partial charge in [-0.3, -0.25) is 9.98 Å². The Morgan fingerprint density at radius 2 is 1.83 bits per heavy atom. The minimum Gasteiger partial charge on any atom is -0.456 e. The lowest BCUT2D eigenvalue weighted by Gasteiger charge is -2.33. The summed E-state index contributed by atoms with van der Waals surface area (Å²) in [6, 6.07) is 12.8. The van der Waals surface area contributed by atoms with E-state index in [-0.39, 0.29) is 6.10 Å². The zero-order valence-electron chi connectivity index (χ0n) is 16.3. The summed E-state index contributed by atoms with van der Waals surface area (Å²) in [5, 5.41) is 1.02.